The average molecular weight is 678 g/mol. The lowest BCUT2D eigenvalue weighted by Crippen LogP contribution is -2.45. The van der Waals surface area contributed by atoms with E-state index in [1.54, 1.807) is 6.07 Å². The van der Waals surface area contributed by atoms with Crippen LogP contribution in [0.4, 0.5) is 4.39 Å². The molecule has 0 spiro atoms. The Morgan fingerprint density at radius 2 is 1.80 bits per heavy atom. The quantitative estimate of drug-likeness (QED) is 0.177. The second-order valence-electron chi connectivity index (χ2n) is 14.1. The van der Waals surface area contributed by atoms with Crippen LogP contribution in [0.5, 0.6) is 0 Å². The summed E-state index contributed by atoms with van der Waals surface area (Å²) in [5, 5.41) is 6.65. The topological polar surface area (TPSA) is 116 Å². The number of rotatable bonds is 10. The number of nitrogens with one attached hydrogen (secondary N) is 2. The summed E-state index contributed by atoms with van der Waals surface area (Å²) < 4.78 is 19.3. The molecule has 260 valence electrons. The van der Waals surface area contributed by atoms with Crippen molar-refractivity contribution in [1.29, 1.82) is 0 Å². The van der Waals surface area contributed by atoms with Crippen molar-refractivity contribution in [2.45, 2.75) is 90.4 Å². The zero-order chi connectivity index (χ0) is 34.8. The van der Waals surface area contributed by atoms with Gasteiger partial charge in [-0.25, -0.2) is 23.7 Å². The molecule has 5 aromatic rings. The number of aryl methyl sites for hydroxylation is 2. The van der Waals surface area contributed by atoms with E-state index in [-0.39, 0.29) is 23.0 Å². The molecule has 1 amide bonds. The van der Waals surface area contributed by atoms with Gasteiger partial charge in [0, 0.05) is 37.8 Å². The summed E-state index contributed by atoms with van der Waals surface area (Å²) in [7, 11) is 0. The molecule has 3 aromatic heterocycles. The first kappa shape index (κ1) is 33.6. The van der Waals surface area contributed by atoms with Gasteiger partial charge in [-0.1, -0.05) is 50.2 Å². The van der Waals surface area contributed by atoms with Gasteiger partial charge >= 0.3 is 5.69 Å². The second kappa shape index (κ2) is 14.5. The van der Waals surface area contributed by atoms with Crippen LogP contribution in [0.3, 0.4) is 0 Å². The average Bonchev–Trinajstić information content (AvgIpc) is 3.57. The molecule has 0 bridgehead atoms. The SMILES string of the molecule is CC(C)CCNCc1ccc(-c2cccc(-n3c(=O)n(C4CCC(NC(=O)c5cn6c(n5)CCCC6)CC4)c(=O)c4cc(F)cnc43)c2)cc1. The molecule has 1 aliphatic carbocycles. The smallest absolute Gasteiger partial charge is 0.337 e. The Balaban J connectivity index is 1.13. The third kappa shape index (κ3) is 7.05. The number of amides is 1. The molecule has 0 unspecified atom stereocenters. The van der Waals surface area contributed by atoms with Crippen molar-refractivity contribution in [2.75, 3.05) is 6.54 Å². The van der Waals surface area contributed by atoms with E-state index in [9.17, 15) is 18.8 Å². The maximum atomic E-state index is 14.5. The minimum atomic E-state index is -0.647. The molecule has 0 atom stereocenters. The fourth-order valence-electron chi connectivity index (χ4n) is 7.26. The lowest BCUT2D eigenvalue weighted by molar-refractivity contribution is 0.0917. The molecule has 1 fully saturated rings. The number of halogens is 1. The highest BCUT2D eigenvalue weighted by Crippen LogP contribution is 2.29. The highest BCUT2D eigenvalue weighted by atomic mass is 19.1. The number of pyridine rings is 1. The number of hydrogen-bond donors (Lipinski definition) is 2. The number of carbonyl (C=O) groups is 1. The number of aromatic nitrogens is 5. The highest BCUT2D eigenvalue weighted by Gasteiger charge is 2.29. The third-order valence-corrected chi connectivity index (χ3v) is 10.0. The van der Waals surface area contributed by atoms with Crippen LogP contribution in [0.2, 0.25) is 0 Å². The number of fused-ring (bicyclic) bond motifs is 2. The standard InChI is InChI=1S/C39H44FN7O3/c1-25(2)17-18-41-22-26-9-11-27(12-10-26)28-6-5-7-32(20-28)46-36-33(21-29(40)23-42-36)38(49)47(39(46)50)31-15-13-30(14-16-31)43-37(48)34-24-45-19-4-3-8-35(45)44-34/h5-7,9-12,20-21,23-25,30-31,41H,3-4,8,13-19,22H2,1-2H3,(H,43,48). The summed E-state index contributed by atoms with van der Waals surface area (Å²) >= 11 is 0. The molecule has 1 saturated carbocycles. The largest absolute Gasteiger partial charge is 0.348 e. The second-order valence-corrected chi connectivity index (χ2v) is 14.1. The van der Waals surface area contributed by atoms with Crippen LogP contribution in [-0.4, -0.2) is 42.2 Å². The molecular weight excluding hydrogens is 633 g/mol. The van der Waals surface area contributed by atoms with E-state index in [1.165, 1.54) is 14.7 Å². The molecule has 11 heteroatoms. The molecule has 1 aliphatic heterocycles. The van der Waals surface area contributed by atoms with Gasteiger partial charge < -0.3 is 15.2 Å². The van der Waals surface area contributed by atoms with Crippen LogP contribution in [0, 0.1) is 11.7 Å². The molecule has 50 heavy (non-hydrogen) atoms. The van der Waals surface area contributed by atoms with Crippen molar-refractivity contribution >= 4 is 16.9 Å². The monoisotopic (exact) mass is 677 g/mol. The first-order chi connectivity index (χ1) is 24.2. The van der Waals surface area contributed by atoms with E-state index in [0.717, 1.165) is 74.5 Å². The van der Waals surface area contributed by atoms with Crippen molar-refractivity contribution in [3.05, 3.63) is 111 Å². The zero-order valence-corrected chi connectivity index (χ0v) is 28.7. The minimum absolute atomic E-state index is 0.0449. The van der Waals surface area contributed by atoms with Gasteiger partial charge in [0.25, 0.3) is 11.5 Å². The molecule has 10 nitrogen and oxygen atoms in total. The van der Waals surface area contributed by atoms with E-state index < -0.39 is 23.1 Å². The van der Waals surface area contributed by atoms with Gasteiger partial charge in [0.1, 0.15) is 17.3 Å². The molecule has 2 aromatic carbocycles. The van der Waals surface area contributed by atoms with Gasteiger partial charge in [-0.2, -0.15) is 0 Å². The summed E-state index contributed by atoms with van der Waals surface area (Å²) in [6.45, 7) is 7.07. The summed E-state index contributed by atoms with van der Waals surface area (Å²) in [6, 6.07) is 16.5. The normalized spacial score (nSPS) is 17.6. The molecule has 2 aliphatic rings. The molecule has 7 rings (SSSR count). The molecule has 0 radical (unpaired) electrons. The number of carbonyl (C=O) groups excluding carboxylic acids is 1. The van der Waals surface area contributed by atoms with Crippen LogP contribution in [-0.2, 0) is 19.5 Å². The van der Waals surface area contributed by atoms with E-state index in [1.807, 2.05) is 24.4 Å². The van der Waals surface area contributed by atoms with Crippen LogP contribution >= 0.6 is 0 Å². The third-order valence-electron chi connectivity index (χ3n) is 10.0. The fourth-order valence-corrected chi connectivity index (χ4v) is 7.26. The van der Waals surface area contributed by atoms with Crippen LogP contribution < -0.4 is 21.9 Å². The van der Waals surface area contributed by atoms with Crippen molar-refractivity contribution in [3.63, 3.8) is 0 Å². The van der Waals surface area contributed by atoms with E-state index >= 15 is 0 Å². The highest BCUT2D eigenvalue weighted by molar-refractivity contribution is 5.92. The number of imidazole rings is 1. The number of benzene rings is 2. The lowest BCUT2D eigenvalue weighted by atomic mass is 9.90. The summed E-state index contributed by atoms with van der Waals surface area (Å²) in [5.41, 5.74) is 3.07. The zero-order valence-electron chi connectivity index (χ0n) is 28.7. The maximum absolute atomic E-state index is 14.5. The van der Waals surface area contributed by atoms with Gasteiger partial charge in [-0.05, 0) is 92.3 Å². The molecule has 4 heterocycles. The first-order valence-electron chi connectivity index (χ1n) is 17.9. The summed E-state index contributed by atoms with van der Waals surface area (Å²) in [4.78, 5) is 50.0. The molecular formula is C39H44FN7O3. The molecule has 0 saturated heterocycles. The van der Waals surface area contributed by atoms with Gasteiger partial charge in [0.15, 0.2) is 5.65 Å². The van der Waals surface area contributed by atoms with Crippen LogP contribution in [0.15, 0.2) is 76.6 Å². The van der Waals surface area contributed by atoms with Crippen LogP contribution in [0.25, 0.3) is 27.8 Å². The van der Waals surface area contributed by atoms with Crippen LogP contribution in [0.1, 0.15) is 86.7 Å². The fraction of sp³-hybridized carbons (Fsp3) is 0.410. The Bertz CT molecular complexity index is 2100. The Kier molecular flexibility index (Phi) is 9.76. The minimum Gasteiger partial charge on any atom is -0.348 e. The Labute approximate surface area is 290 Å². The summed E-state index contributed by atoms with van der Waals surface area (Å²) in [6.07, 6.45) is 9.23. The Hall–Kier alpha value is -4.90. The maximum Gasteiger partial charge on any atom is 0.337 e. The van der Waals surface area contributed by atoms with Crippen molar-refractivity contribution < 1.29 is 9.18 Å². The lowest BCUT2D eigenvalue weighted by Gasteiger charge is -2.30. The molecule has 2 N–H and O–H groups in total. The predicted octanol–water partition coefficient (Wildman–Crippen LogP) is 5.94. The van der Waals surface area contributed by atoms with Crippen molar-refractivity contribution in [1.82, 2.24) is 34.3 Å². The first-order valence-corrected chi connectivity index (χ1v) is 17.9. The van der Waals surface area contributed by atoms with E-state index in [0.29, 0.717) is 43.0 Å². The van der Waals surface area contributed by atoms with E-state index in [2.05, 4.69) is 63.3 Å². The Morgan fingerprint density at radius 3 is 2.56 bits per heavy atom. The van der Waals surface area contributed by atoms with Crippen molar-refractivity contribution in [2.24, 2.45) is 5.92 Å². The summed E-state index contributed by atoms with van der Waals surface area (Å²) in [5.74, 6) is 0.761. The predicted molar refractivity (Wildman–Crippen MR) is 192 cm³/mol. The number of nitrogens with zero attached hydrogens (tertiary/aromatic N) is 5. The van der Waals surface area contributed by atoms with Crippen molar-refractivity contribution in [3.8, 4) is 16.8 Å². The van der Waals surface area contributed by atoms with Gasteiger partial charge in [0.05, 0.1) is 17.3 Å². The van der Waals surface area contributed by atoms with Gasteiger partial charge in [-0.3, -0.25) is 14.2 Å². The van der Waals surface area contributed by atoms with E-state index in [4.69, 9.17) is 0 Å². The van der Waals surface area contributed by atoms with Gasteiger partial charge in [0.2, 0.25) is 0 Å². The number of hydrogen-bond acceptors (Lipinski definition) is 6. The van der Waals surface area contributed by atoms with Gasteiger partial charge in [-0.15, -0.1) is 0 Å². The Morgan fingerprint density at radius 1 is 1.00 bits per heavy atom.